The van der Waals surface area contributed by atoms with Crippen LogP contribution in [0.3, 0.4) is 0 Å². The van der Waals surface area contributed by atoms with Crippen molar-refractivity contribution < 1.29 is 23.9 Å². The van der Waals surface area contributed by atoms with E-state index in [0.29, 0.717) is 19.8 Å². The second kappa shape index (κ2) is 7.50. The molecule has 1 heterocycles. The van der Waals surface area contributed by atoms with Gasteiger partial charge in [-0.15, -0.1) is 0 Å². The van der Waals surface area contributed by atoms with Gasteiger partial charge in [0, 0.05) is 25.1 Å². The van der Waals surface area contributed by atoms with Gasteiger partial charge in [0.1, 0.15) is 5.82 Å². The minimum Gasteiger partial charge on any atom is -0.423 e. The molecule has 5 nitrogen and oxygen atoms in total. The Balaban J connectivity index is 2.12. The zero-order valence-electron chi connectivity index (χ0n) is 14.9. The van der Waals surface area contributed by atoms with E-state index < -0.39 is 24.1 Å². The second-order valence-electron chi connectivity index (χ2n) is 7.28. The van der Waals surface area contributed by atoms with Crippen molar-refractivity contribution in [2.24, 2.45) is 0 Å². The molecule has 7 heteroatoms. The van der Waals surface area contributed by atoms with Crippen molar-refractivity contribution in [1.82, 2.24) is 4.90 Å². The third-order valence-corrected chi connectivity index (χ3v) is 4.72. The number of benzene rings is 1. The number of rotatable bonds is 6. The first-order valence-electron chi connectivity index (χ1n) is 8.27. The fourth-order valence-electron chi connectivity index (χ4n) is 2.39. The average Bonchev–Trinajstić information content (AvgIpc) is 2.48. The van der Waals surface area contributed by atoms with Crippen LogP contribution >= 0.6 is 0 Å². The van der Waals surface area contributed by atoms with Crippen molar-refractivity contribution in [2.75, 3.05) is 26.3 Å². The fourth-order valence-corrected chi connectivity index (χ4v) is 2.39. The molecule has 0 unspecified atom stereocenters. The third kappa shape index (κ3) is 4.77. The van der Waals surface area contributed by atoms with Gasteiger partial charge in [0.25, 0.3) is 0 Å². The molecule has 1 fully saturated rings. The van der Waals surface area contributed by atoms with Gasteiger partial charge < -0.3 is 19.5 Å². The molecule has 1 aromatic carbocycles. The summed E-state index contributed by atoms with van der Waals surface area (Å²) in [5.41, 5.74) is -1.25. The standard InChI is InChI=1S/C17H27BFNO4/c1-16(2,21)17(3,4)24-18(22)14-11-13(5-6-15(14)19)12-20-7-9-23-10-8-20/h5-6,11,21-22H,7-10,12H2,1-4H3. The molecule has 2 N–H and O–H groups in total. The first-order valence-corrected chi connectivity index (χ1v) is 8.27. The number of hydrogen-bond acceptors (Lipinski definition) is 5. The average molecular weight is 339 g/mol. The van der Waals surface area contributed by atoms with Crippen LogP contribution in [0.2, 0.25) is 0 Å². The van der Waals surface area contributed by atoms with E-state index in [9.17, 15) is 14.5 Å². The van der Waals surface area contributed by atoms with E-state index in [4.69, 9.17) is 9.39 Å². The highest BCUT2D eigenvalue weighted by atomic mass is 19.1. The van der Waals surface area contributed by atoms with Crippen molar-refractivity contribution in [3.8, 4) is 0 Å². The monoisotopic (exact) mass is 339 g/mol. The van der Waals surface area contributed by atoms with E-state index in [1.54, 1.807) is 39.8 Å². The molecule has 0 bridgehead atoms. The molecule has 0 saturated carbocycles. The molecular weight excluding hydrogens is 312 g/mol. The number of nitrogens with zero attached hydrogens (tertiary/aromatic N) is 1. The molecule has 0 atom stereocenters. The van der Waals surface area contributed by atoms with E-state index in [2.05, 4.69) is 4.90 Å². The highest BCUT2D eigenvalue weighted by molar-refractivity contribution is 6.60. The maximum Gasteiger partial charge on any atom is 0.494 e. The number of aliphatic hydroxyl groups is 1. The summed E-state index contributed by atoms with van der Waals surface area (Å²) in [7, 11) is -1.45. The van der Waals surface area contributed by atoms with Crippen molar-refractivity contribution >= 4 is 12.6 Å². The molecule has 0 spiro atoms. The summed E-state index contributed by atoms with van der Waals surface area (Å²) in [6.07, 6.45) is 0. The fraction of sp³-hybridized carbons (Fsp3) is 0.647. The van der Waals surface area contributed by atoms with Crippen LogP contribution < -0.4 is 5.46 Å². The summed E-state index contributed by atoms with van der Waals surface area (Å²) >= 11 is 0. The van der Waals surface area contributed by atoms with Gasteiger partial charge in [-0.05, 0) is 39.3 Å². The molecule has 0 aromatic heterocycles. The van der Waals surface area contributed by atoms with Gasteiger partial charge in [0.15, 0.2) is 0 Å². The predicted octanol–water partition coefficient (Wildman–Crippen LogP) is 0.911. The smallest absolute Gasteiger partial charge is 0.423 e. The lowest BCUT2D eigenvalue weighted by molar-refractivity contribution is -0.0983. The maximum absolute atomic E-state index is 14.1. The van der Waals surface area contributed by atoms with Crippen LogP contribution in [0.1, 0.15) is 33.3 Å². The molecule has 1 aromatic rings. The predicted molar refractivity (Wildman–Crippen MR) is 91.6 cm³/mol. The maximum atomic E-state index is 14.1. The summed E-state index contributed by atoms with van der Waals surface area (Å²) in [4.78, 5) is 2.22. The van der Waals surface area contributed by atoms with Crippen LogP contribution in [0.25, 0.3) is 0 Å². The first-order chi connectivity index (χ1) is 11.1. The minimum absolute atomic E-state index is 0.0816. The highest BCUT2D eigenvalue weighted by Crippen LogP contribution is 2.25. The SMILES string of the molecule is CC(C)(O)C(C)(C)OB(O)c1cc(CN2CCOCC2)ccc1F. The molecule has 1 saturated heterocycles. The zero-order chi connectivity index (χ0) is 18.0. The van der Waals surface area contributed by atoms with Crippen molar-refractivity contribution in [2.45, 2.75) is 45.4 Å². The molecule has 1 aliphatic rings. The third-order valence-electron chi connectivity index (χ3n) is 4.72. The number of morpholine rings is 1. The van der Waals surface area contributed by atoms with Crippen LogP contribution in [0, 0.1) is 5.82 Å². The van der Waals surface area contributed by atoms with Crippen molar-refractivity contribution in [1.29, 1.82) is 0 Å². The highest BCUT2D eigenvalue weighted by Gasteiger charge is 2.40. The zero-order valence-corrected chi connectivity index (χ0v) is 14.9. The Kier molecular flexibility index (Phi) is 6.04. The number of ether oxygens (including phenoxy) is 1. The lowest BCUT2D eigenvalue weighted by atomic mass is 9.75. The normalized spacial score (nSPS) is 17.1. The summed E-state index contributed by atoms with van der Waals surface area (Å²) in [5, 5.41) is 20.5. The van der Waals surface area contributed by atoms with Crippen LogP contribution in [-0.4, -0.2) is 59.7 Å². The summed E-state index contributed by atoms with van der Waals surface area (Å²) in [6, 6.07) is 4.67. The molecule has 0 aliphatic carbocycles. The summed E-state index contributed by atoms with van der Waals surface area (Å²) in [6.45, 7) is 10.2. The Labute approximate surface area is 143 Å². The number of halogens is 1. The molecule has 134 valence electrons. The quantitative estimate of drug-likeness (QED) is 0.755. The Hall–Kier alpha value is -0.985. The van der Waals surface area contributed by atoms with Crippen LogP contribution in [0.4, 0.5) is 4.39 Å². The Morgan fingerprint density at radius 2 is 1.88 bits per heavy atom. The second-order valence-corrected chi connectivity index (χ2v) is 7.28. The van der Waals surface area contributed by atoms with Gasteiger partial charge in [0.2, 0.25) is 0 Å². The van der Waals surface area contributed by atoms with Gasteiger partial charge in [-0.1, -0.05) is 12.1 Å². The van der Waals surface area contributed by atoms with Gasteiger partial charge >= 0.3 is 7.12 Å². The molecule has 0 amide bonds. The molecular formula is C17H27BFNO4. The van der Waals surface area contributed by atoms with Gasteiger partial charge in [0.05, 0.1) is 24.4 Å². The lowest BCUT2D eigenvalue weighted by Gasteiger charge is -2.38. The van der Waals surface area contributed by atoms with Gasteiger partial charge in [-0.25, -0.2) is 4.39 Å². The summed E-state index contributed by atoms with van der Waals surface area (Å²) in [5.74, 6) is -0.528. The van der Waals surface area contributed by atoms with E-state index in [0.717, 1.165) is 18.7 Å². The Morgan fingerprint density at radius 1 is 1.25 bits per heavy atom. The molecule has 0 radical (unpaired) electrons. The van der Waals surface area contributed by atoms with Crippen LogP contribution in [0.5, 0.6) is 0 Å². The largest absolute Gasteiger partial charge is 0.494 e. The minimum atomic E-state index is -1.45. The van der Waals surface area contributed by atoms with Gasteiger partial charge in [-0.3, -0.25) is 4.90 Å². The molecule has 24 heavy (non-hydrogen) atoms. The van der Waals surface area contributed by atoms with Crippen LogP contribution in [0.15, 0.2) is 18.2 Å². The lowest BCUT2D eigenvalue weighted by Crippen LogP contribution is -2.53. The first kappa shape index (κ1) is 19.3. The van der Waals surface area contributed by atoms with Crippen molar-refractivity contribution in [3.05, 3.63) is 29.6 Å². The van der Waals surface area contributed by atoms with Crippen molar-refractivity contribution in [3.63, 3.8) is 0 Å². The Bertz CT molecular complexity index is 556. The topological polar surface area (TPSA) is 62.2 Å². The molecule has 2 rings (SSSR count). The Morgan fingerprint density at radius 3 is 2.46 bits per heavy atom. The van der Waals surface area contributed by atoms with Gasteiger partial charge in [-0.2, -0.15) is 0 Å². The van der Waals surface area contributed by atoms with E-state index in [-0.39, 0.29) is 5.46 Å². The van der Waals surface area contributed by atoms with E-state index in [1.165, 1.54) is 6.07 Å². The molecule has 1 aliphatic heterocycles. The van der Waals surface area contributed by atoms with Crippen LogP contribution in [-0.2, 0) is 15.9 Å². The summed E-state index contributed by atoms with van der Waals surface area (Å²) < 4.78 is 25.0. The number of hydrogen-bond donors (Lipinski definition) is 2. The van der Waals surface area contributed by atoms with E-state index in [1.807, 2.05) is 0 Å². The van der Waals surface area contributed by atoms with E-state index >= 15 is 0 Å².